The topological polar surface area (TPSA) is 92.1 Å². The Hall–Kier alpha value is -1.38. The number of hydrogen-bond acceptors (Lipinski definition) is 6. The Morgan fingerprint density at radius 3 is 2.96 bits per heavy atom. The lowest BCUT2D eigenvalue weighted by Gasteiger charge is -2.30. The maximum atomic E-state index is 12.4. The summed E-state index contributed by atoms with van der Waals surface area (Å²) in [5.74, 6) is 2.29. The molecule has 3 N–H and O–H groups in total. The summed E-state index contributed by atoms with van der Waals surface area (Å²) in [6.07, 6.45) is 5.54. The van der Waals surface area contributed by atoms with Crippen molar-refractivity contribution in [2.75, 3.05) is 18.8 Å². The van der Waals surface area contributed by atoms with E-state index in [0.29, 0.717) is 18.0 Å². The SMILES string of the molecule is NC1CCN(C(=O)CCSCc2nc3sc4c(c3c(=O)[nH]2)CCC4)CC1. The fraction of sp³-hybridized carbons (Fsp3) is 0.611. The average Bonchev–Trinajstić information content (AvgIpc) is 3.19. The minimum atomic E-state index is -0.00858. The third kappa shape index (κ3) is 3.68. The van der Waals surface area contributed by atoms with Gasteiger partial charge >= 0.3 is 0 Å². The second kappa shape index (κ2) is 7.70. The number of aromatic nitrogens is 2. The summed E-state index contributed by atoms with van der Waals surface area (Å²) in [5, 5.41) is 0.801. The number of likely N-dealkylation sites (tertiary alicyclic amines) is 1. The van der Waals surface area contributed by atoms with Gasteiger partial charge in [0.05, 0.1) is 11.1 Å². The van der Waals surface area contributed by atoms with Crippen molar-refractivity contribution in [3.05, 3.63) is 26.6 Å². The van der Waals surface area contributed by atoms with Crippen LogP contribution in [-0.2, 0) is 23.4 Å². The summed E-state index contributed by atoms with van der Waals surface area (Å²) >= 11 is 3.31. The molecule has 140 valence electrons. The van der Waals surface area contributed by atoms with Gasteiger partial charge in [-0.3, -0.25) is 9.59 Å². The number of hydrogen-bond donors (Lipinski definition) is 2. The molecule has 0 radical (unpaired) electrons. The molecule has 3 heterocycles. The molecule has 26 heavy (non-hydrogen) atoms. The number of amides is 1. The van der Waals surface area contributed by atoms with Crippen molar-refractivity contribution < 1.29 is 4.79 Å². The molecule has 0 atom stereocenters. The number of aromatic amines is 1. The molecule has 0 unspecified atom stereocenters. The van der Waals surface area contributed by atoms with E-state index in [0.717, 1.165) is 61.2 Å². The van der Waals surface area contributed by atoms with Crippen molar-refractivity contribution in [3.8, 4) is 0 Å². The smallest absolute Gasteiger partial charge is 0.259 e. The summed E-state index contributed by atoms with van der Waals surface area (Å²) in [5.41, 5.74) is 7.09. The third-order valence-corrected chi connectivity index (χ3v) is 7.37. The summed E-state index contributed by atoms with van der Waals surface area (Å²) in [7, 11) is 0. The molecular formula is C18H24N4O2S2. The van der Waals surface area contributed by atoms with Gasteiger partial charge in [-0.1, -0.05) is 0 Å². The number of aryl methyl sites for hydroxylation is 2. The number of nitrogens with two attached hydrogens (primary N) is 1. The largest absolute Gasteiger partial charge is 0.343 e. The van der Waals surface area contributed by atoms with Crippen molar-refractivity contribution in [2.24, 2.45) is 5.73 Å². The van der Waals surface area contributed by atoms with Crippen LogP contribution < -0.4 is 11.3 Å². The summed E-state index contributed by atoms with van der Waals surface area (Å²) in [6.45, 7) is 1.55. The van der Waals surface area contributed by atoms with Crippen LogP contribution in [0.25, 0.3) is 10.2 Å². The van der Waals surface area contributed by atoms with Gasteiger partial charge in [0, 0.05) is 36.2 Å². The molecule has 2 aliphatic rings. The second-order valence-corrected chi connectivity index (χ2v) is 9.26. The maximum Gasteiger partial charge on any atom is 0.259 e. The molecule has 1 aliphatic carbocycles. The van der Waals surface area contributed by atoms with Gasteiger partial charge in [0.15, 0.2) is 0 Å². The molecule has 0 aromatic carbocycles. The lowest BCUT2D eigenvalue weighted by Crippen LogP contribution is -2.42. The van der Waals surface area contributed by atoms with Crippen LogP contribution in [0.15, 0.2) is 4.79 Å². The molecule has 2 aromatic heterocycles. The number of rotatable bonds is 5. The minimum Gasteiger partial charge on any atom is -0.343 e. The van der Waals surface area contributed by atoms with Crippen molar-refractivity contribution in [2.45, 2.75) is 50.3 Å². The van der Waals surface area contributed by atoms with Crippen LogP contribution in [0.3, 0.4) is 0 Å². The molecule has 2 aromatic rings. The van der Waals surface area contributed by atoms with Gasteiger partial charge in [0.2, 0.25) is 5.91 Å². The highest BCUT2D eigenvalue weighted by Gasteiger charge is 2.22. The van der Waals surface area contributed by atoms with Gasteiger partial charge < -0.3 is 15.6 Å². The quantitative estimate of drug-likeness (QED) is 0.760. The number of carbonyl (C=O) groups excluding carboxylic acids is 1. The van der Waals surface area contributed by atoms with E-state index in [1.807, 2.05) is 4.90 Å². The van der Waals surface area contributed by atoms with Gasteiger partial charge in [-0.05, 0) is 37.7 Å². The highest BCUT2D eigenvalue weighted by atomic mass is 32.2. The fourth-order valence-electron chi connectivity index (χ4n) is 3.75. The van der Waals surface area contributed by atoms with E-state index in [-0.39, 0.29) is 17.5 Å². The number of nitrogens with zero attached hydrogens (tertiary/aromatic N) is 2. The normalized spacial score (nSPS) is 17.8. The van der Waals surface area contributed by atoms with Gasteiger partial charge in [-0.15, -0.1) is 11.3 Å². The summed E-state index contributed by atoms with van der Waals surface area (Å²) in [4.78, 5) is 36.3. The number of thiophene rings is 1. The molecule has 0 spiro atoms. The molecule has 0 saturated carbocycles. The second-order valence-electron chi connectivity index (χ2n) is 7.07. The first-order chi connectivity index (χ1) is 12.6. The zero-order valence-electron chi connectivity index (χ0n) is 14.8. The van der Waals surface area contributed by atoms with E-state index in [9.17, 15) is 9.59 Å². The molecule has 6 nitrogen and oxygen atoms in total. The molecule has 1 amide bonds. The van der Waals surface area contributed by atoms with Gasteiger partial charge in [-0.2, -0.15) is 11.8 Å². The molecule has 8 heteroatoms. The van der Waals surface area contributed by atoms with E-state index >= 15 is 0 Å². The summed E-state index contributed by atoms with van der Waals surface area (Å²) < 4.78 is 0. The van der Waals surface area contributed by atoms with E-state index < -0.39 is 0 Å². The molecule has 1 fully saturated rings. The standard InChI is InChI=1S/C18H24N4O2S2/c19-11-4-7-22(8-5-11)15(23)6-9-25-10-14-20-17(24)16-12-2-1-3-13(12)26-18(16)21-14/h11H,1-10,19H2,(H,20,21,24). The Morgan fingerprint density at radius 2 is 2.15 bits per heavy atom. The monoisotopic (exact) mass is 392 g/mol. The van der Waals surface area contributed by atoms with E-state index in [2.05, 4.69) is 9.97 Å². The Balaban J connectivity index is 1.31. The predicted molar refractivity (Wildman–Crippen MR) is 107 cm³/mol. The molecular weight excluding hydrogens is 368 g/mol. The first-order valence-electron chi connectivity index (χ1n) is 9.26. The zero-order valence-corrected chi connectivity index (χ0v) is 16.4. The van der Waals surface area contributed by atoms with Gasteiger partial charge in [0.1, 0.15) is 10.7 Å². The number of piperidine rings is 1. The fourth-order valence-corrected chi connectivity index (χ4v) is 5.82. The Labute approximate surface area is 160 Å². The van der Waals surface area contributed by atoms with Crippen LogP contribution in [0.4, 0.5) is 0 Å². The van der Waals surface area contributed by atoms with Gasteiger partial charge in [-0.25, -0.2) is 4.98 Å². The Morgan fingerprint density at radius 1 is 1.35 bits per heavy atom. The first-order valence-corrected chi connectivity index (χ1v) is 11.2. The minimum absolute atomic E-state index is 0.00858. The summed E-state index contributed by atoms with van der Waals surface area (Å²) in [6, 6.07) is 0.241. The van der Waals surface area contributed by atoms with E-state index in [1.54, 1.807) is 23.1 Å². The van der Waals surface area contributed by atoms with E-state index in [1.165, 1.54) is 10.4 Å². The van der Waals surface area contributed by atoms with Crippen LogP contribution in [-0.4, -0.2) is 45.7 Å². The maximum absolute atomic E-state index is 12.4. The average molecular weight is 393 g/mol. The van der Waals surface area contributed by atoms with E-state index in [4.69, 9.17) is 5.73 Å². The molecule has 4 rings (SSSR count). The number of H-pyrrole nitrogens is 1. The lowest BCUT2D eigenvalue weighted by molar-refractivity contribution is -0.131. The Kier molecular flexibility index (Phi) is 5.33. The number of thioether (sulfide) groups is 1. The van der Waals surface area contributed by atoms with Crippen LogP contribution >= 0.6 is 23.1 Å². The van der Waals surface area contributed by atoms with Crippen LogP contribution in [0.2, 0.25) is 0 Å². The number of carbonyl (C=O) groups is 1. The van der Waals surface area contributed by atoms with Crippen molar-refractivity contribution in [1.82, 2.24) is 14.9 Å². The number of nitrogens with one attached hydrogen (secondary N) is 1. The molecule has 1 aliphatic heterocycles. The zero-order chi connectivity index (χ0) is 18.1. The predicted octanol–water partition coefficient (Wildman–Crippen LogP) is 2.05. The lowest BCUT2D eigenvalue weighted by atomic mass is 10.1. The Bertz CT molecular complexity index is 868. The van der Waals surface area contributed by atoms with Crippen LogP contribution in [0.5, 0.6) is 0 Å². The van der Waals surface area contributed by atoms with Gasteiger partial charge in [0.25, 0.3) is 5.56 Å². The molecule has 1 saturated heterocycles. The third-order valence-electron chi connectivity index (χ3n) is 5.22. The van der Waals surface area contributed by atoms with Crippen LogP contribution in [0.1, 0.15) is 41.9 Å². The van der Waals surface area contributed by atoms with Crippen LogP contribution in [0, 0.1) is 0 Å². The highest BCUT2D eigenvalue weighted by Crippen LogP contribution is 2.34. The molecule has 0 bridgehead atoms. The van der Waals surface area contributed by atoms with Crippen molar-refractivity contribution in [1.29, 1.82) is 0 Å². The van der Waals surface area contributed by atoms with Crippen molar-refractivity contribution in [3.63, 3.8) is 0 Å². The van der Waals surface area contributed by atoms with Crippen molar-refractivity contribution >= 4 is 39.2 Å². The highest BCUT2D eigenvalue weighted by molar-refractivity contribution is 7.98. The number of fused-ring (bicyclic) bond motifs is 3. The first kappa shape index (κ1) is 18.0.